The quantitative estimate of drug-likeness (QED) is 0.868. The molecule has 116 valence electrons. The highest BCUT2D eigenvalue weighted by molar-refractivity contribution is 5.25. The molecule has 0 spiro atoms. The van der Waals surface area contributed by atoms with E-state index in [4.69, 9.17) is 9.72 Å². The van der Waals surface area contributed by atoms with Crippen LogP contribution in [-0.2, 0) is 19.5 Å². The van der Waals surface area contributed by atoms with Crippen LogP contribution < -0.4 is 4.74 Å². The maximum atomic E-state index is 5.23. The molecule has 5 heteroatoms. The molecule has 0 fully saturated rings. The minimum absolute atomic E-state index is 0.381. The van der Waals surface area contributed by atoms with Gasteiger partial charge in [-0.3, -0.25) is 9.88 Å². The summed E-state index contributed by atoms with van der Waals surface area (Å²) >= 11 is 0. The molecule has 0 N–H and O–H groups in total. The maximum absolute atomic E-state index is 5.23. The predicted octanol–water partition coefficient (Wildman–Crippen LogP) is 2.56. The second-order valence-electron chi connectivity index (χ2n) is 6.05. The van der Waals surface area contributed by atoms with Crippen LogP contribution in [0.25, 0.3) is 0 Å². The van der Waals surface area contributed by atoms with E-state index in [1.165, 1.54) is 16.8 Å². The van der Waals surface area contributed by atoms with E-state index in [1.807, 2.05) is 18.5 Å². The Balaban J connectivity index is 1.71. The van der Waals surface area contributed by atoms with Crippen LogP contribution in [0.3, 0.4) is 0 Å². The monoisotopic (exact) mass is 298 g/mol. The topological polar surface area (TPSA) is 51.1 Å². The van der Waals surface area contributed by atoms with Gasteiger partial charge in [-0.1, -0.05) is 13.8 Å². The van der Waals surface area contributed by atoms with Crippen LogP contribution in [0.4, 0.5) is 0 Å². The molecule has 1 aliphatic rings. The fourth-order valence-corrected chi connectivity index (χ4v) is 2.72. The van der Waals surface area contributed by atoms with Crippen molar-refractivity contribution in [1.82, 2.24) is 19.9 Å². The van der Waals surface area contributed by atoms with Crippen molar-refractivity contribution in [3.63, 3.8) is 0 Å². The summed E-state index contributed by atoms with van der Waals surface area (Å²) in [5.74, 6) is 2.13. The SMILES string of the molecule is COc1cncc(CN2CCc3nc(C(C)C)ncc3C2)c1. The maximum Gasteiger partial charge on any atom is 0.137 e. The lowest BCUT2D eigenvalue weighted by Gasteiger charge is -2.28. The molecule has 0 atom stereocenters. The Hall–Kier alpha value is -2.01. The van der Waals surface area contributed by atoms with Crippen molar-refractivity contribution in [3.8, 4) is 5.75 Å². The van der Waals surface area contributed by atoms with Crippen LogP contribution >= 0.6 is 0 Å². The zero-order valence-electron chi connectivity index (χ0n) is 13.4. The van der Waals surface area contributed by atoms with Gasteiger partial charge in [0.25, 0.3) is 0 Å². The molecule has 2 aromatic rings. The van der Waals surface area contributed by atoms with Crippen molar-refractivity contribution >= 4 is 0 Å². The van der Waals surface area contributed by atoms with Gasteiger partial charge in [0.15, 0.2) is 0 Å². The number of pyridine rings is 1. The second-order valence-corrected chi connectivity index (χ2v) is 6.05. The average molecular weight is 298 g/mol. The molecule has 0 aromatic carbocycles. The normalized spacial score (nSPS) is 14.9. The van der Waals surface area contributed by atoms with E-state index in [0.29, 0.717) is 5.92 Å². The van der Waals surface area contributed by atoms with Gasteiger partial charge in [0.2, 0.25) is 0 Å². The highest BCUT2D eigenvalue weighted by Crippen LogP contribution is 2.21. The van der Waals surface area contributed by atoms with Crippen LogP contribution in [0.2, 0.25) is 0 Å². The number of methoxy groups -OCH3 is 1. The summed E-state index contributed by atoms with van der Waals surface area (Å²) in [7, 11) is 1.67. The number of fused-ring (bicyclic) bond motifs is 1. The summed E-state index contributed by atoms with van der Waals surface area (Å²) in [4.78, 5) is 15.8. The highest BCUT2D eigenvalue weighted by atomic mass is 16.5. The van der Waals surface area contributed by atoms with E-state index in [-0.39, 0.29) is 0 Å². The first-order chi connectivity index (χ1) is 10.7. The fourth-order valence-electron chi connectivity index (χ4n) is 2.72. The predicted molar refractivity (Wildman–Crippen MR) is 84.7 cm³/mol. The highest BCUT2D eigenvalue weighted by Gasteiger charge is 2.19. The molecule has 0 aliphatic carbocycles. The van der Waals surface area contributed by atoms with Gasteiger partial charge in [-0.05, 0) is 11.6 Å². The number of ether oxygens (including phenoxy) is 1. The molecule has 0 radical (unpaired) electrons. The largest absolute Gasteiger partial charge is 0.495 e. The van der Waals surface area contributed by atoms with Gasteiger partial charge in [-0.15, -0.1) is 0 Å². The molecule has 1 aliphatic heterocycles. The van der Waals surface area contributed by atoms with Crippen LogP contribution in [0.5, 0.6) is 5.75 Å². The Kier molecular flexibility index (Phi) is 4.34. The summed E-state index contributed by atoms with van der Waals surface area (Å²) < 4.78 is 5.23. The minimum atomic E-state index is 0.381. The summed E-state index contributed by atoms with van der Waals surface area (Å²) in [6.45, 7) is 7.04. The third-order valence-corrected chi connectivity index (χ3v) is 3.96. The Morgan fingerprint density at radius 3 is 2.91 bits per heavy atom. The van der Waals surface area contributed by atoms with E-state index in [2.05, 4.69) is 28.7 Å². The van der Waals surface area contributed by atoms with Gasteiger partial charge in [0.05, 0.1) is 13.3 Å². The molecule has 3 heterocycles. The van der Waals surface area contributed by atoms with Crippen LogP contribution in [0, 0.1) is 0 Å². The number of hydrogen-bond donors (Lipinski definition) is 0. The average Bonchev–Trinajstić information content (AvgIpc) is 2.54. The smallest absolute Gasteiger partial charge is 0.137 e. The number of hydrogen-bond acceptors (Lipinski definition) is 5. The number of rotatable bonds is 4. The van der Waals surface area contributed by atoms with Crippen molar-refractivity contribution in [3.05, 3.63) is 47.3 Å². The van der Waals surface area contributed by atoms with Gasteiger partial charge < -0.3 is 4.74 Å². The molecular formula is C17H22N4O. The fraction of sp³-hybridized carbons (Fsp3) is 0.471. The lowest BCUT2D eigenvalue weighted by atomic mass is 10.1. The molecule has 0 saturated carbocycles. The van der Waals surface area contributed by atoms with Gasteiger partial charge >= 0.3 is 0 Å². The molecule has 2 aromatic heterocycles. The summed E-state index contributed by atoms with van der Waals surface area (Å²) in [5, 5.41) is 0. The Morgan fingerprint density at radius 1 is 1.27 bits per heavy atom. The Bertz CT molecular complexity index is 657. The van der Waals surface area contributed by atoms with E-state index in [1.54, 1.807) is 13.3 Å². The third-order valence-electron chi connectivity index (χ3n) is 3.96. The van der Waals surface area contributed by atoms with Gasteiger partial charge in [0, 0.05) is 55.6 Å². The van der Waals surface area contributed by atoms with Gasteiger partial charge in [-0.2, -0.15) is 0 Å². The Labute approximate surface area is 131 Å². The first-order valence-electron chi connectivity index (χ1n) is 7.70. The molecule has 22 heavy (non-hydrogen) atoms. The van der Waals surface area contributed by atoms with Gasteiger partial charge in [-0.25, -0.2) is 9.97 Å². The number of aromatic nitrogens is 3. The molecule has 0 bridgehead atoms. The van der Waals surface area contributed by atoms with Crippen LogP contribution in [0.15, 0.2) is 24.7 Å². The van der Waals surface area contributed by atoms with Crippen LogP contribution in [-0.4, -0.2) is 33.5 Å². The molecule has 0 saturated heterocycles. The van der Waals surface area contributed by atoms with E-state index in [9.17, 15) is 0 Å². The Morgan fingerprint density at radius 2 is 2.14 bits per heavy atom. The van der Waals surface area contributed by atoms with E-state index >= 15 is 0 Å². The second kappa shape index (κ2) is 6.40. The minimum Gasteiger partial charge on any atom is -0.495 e. The van der Waals surface area contributed by atoms with Gasteiger partial charge in [0.1, 0.15) is 11.6 Å². The van der Waals surface area contributed by atoms with Crippen LogP contribution in [0.1, 0.15) is 42.4 Å². The van der Waals surface area contributed by atoms with Crippen molar-refractivity contribution < 1.29 is 4.74 Å². The van der Waals surface area contributed by atoms with Crippen molar-refractivity contribution in [2.45, 2.75) is 39.3 Å². The lowest BCUT2D eigenvalue weighted by molar-refractivity contribution is 0.242. The molecule has 0 amide bonds. The third kappa shape index (κ3) is 3.25. The van der Waals surface area contributed by atoms with E-state index < -0.39 is 0 Å². The molecular weight excluding hydrogens is 276 g/mol. The molecule has 0 unspecified atom stereocenters. The lowest BCUT2D eigenvalue weighted by Crippen LogP contribution is -2.31. The number of nitrogens with zero attached hydrogens (tertiary/aromatic N) is 4. The van der Waals surface area contributed by atoms with Crippen molar-refractivity contribution in [1.29, 1.82) is 0 Å². The zero-order chi connectivity index (χ0) is 15.5. The molecule has 5 nitrogen and oxygen atoms in total. The summed E-state index contributed by atoms with van der Waals surface area (Å²) in [5.41, 5.74) is 3.62. The first kappa shape index (κ1) is 14.9. The van der Waals surface area contributed by atoms with Crippen molar-refractivity contribution in [2.75, 3.05) is 13.7 Å². The van der Waals surface area contributed by atoms with E-state index in [0.717, 1.165) is 37.6 Å². The standard InChI is InChI=1S/C17H22N4O/c1-12(2)17-19-8-14-11-21(5-4-16(14)20-17)10-13-6-15(22-3)9-18-7-13/h6-9,12H,4-5,10-11H2,1-3H3. The molecule has 3 rings (SSSR count). The summed E-state index contributed by atoms with van der Waals surface area (Å²) in [6.07, 6.45) is 6.61. The summed E-state index contributed by atoms with van der Waals surface area (Å²) in [6, 6.07) is 2.04. The first-order valence-corrected chi connectivity index (χ1v) is 7.70. The van der Waals surface area contributed by atoms with Crippen molar-refractivity contribution in [2.24, 2.45) is 0 Å². The zero-order valence-corrected chi connectivity index (χ0v) is 13.4.